The van der Waals surface area contributed by atoms with Crippen molar-refractivity contribution >= 4 is 23.2 Å². The zero-order valence-corrected chi connectivity index (χ0v) is 20.2. The van der Waals surface area contributed by atoms with Crippen LogP contribution in [0.5, 0.6) is 11.8 Å². The fourth-order valence-corrected chi connectivity index (χ4v) is 3.83. The molecule has 0 atom stereocenters. The molecule has 2 heterocycles. The van der Waals surface area contributed by atoms with Gasteiger partial charge in [0, 0.05) is 40.5 Å². The molecular weight excluding hydrogens is 473 g/mol. The summed E-state index contributed by atoms with van der Waals surface area (Å²) in [5.41, 5.74) is 16.3. The van der Waals surface area contributed by atoms with Gasteiger partial charge in [0.2, 0.25) is 5.91 Å². The molecule has 2 aromatic heterocycles. The molecule has 6 N–H and O–H groups in total. The number of nitrogens with one attached hydrogen (secondary N) is 2. The molecule has 4 aromatic rings. The largest absolute Gasteiger partial charge is 0.421 e. The summed E-state index contributed by atoms with van der Waals surface area (Å²) in [4.78, 5) is 24.1. The van der Waals surface area contributed by atoms with Gasteiger partial charge in [-0.15, -0.1) is 0 Å². The molecule has 1 amide bonds. The van der Waals surface area contributed by atoms with Crippen LogP contribution in [-0.2, 0) is 4.79 Å². The van der Waals surface area contributed by atoms with Crippen LogP contribution in [-0.4, -0.2) is 26.7 Å². The number of carbonyl (C=O) groups excluding carboxylic acids is 1. The minimum Gasteiger partial charge on any atom is -0.421 e. The lowest BCUT2D eigenvalue weighted by Crippen LogP contribution is -2.16. The Balaban J connectivity index is 1.83. The van der Waals surface area contributed by atoms with Crippen molar-refractivity contribution in [2.45, 2.75) is 13.8 Å². The number of pyridine rings is 1. The minimum atomic E-state index is -0.664. The number of halogens is 1. The van der Waals surface area contributed by atoms with Crippen LogP contribution in [0.2, 0.25) is 0 Å². The normalized spacial score (nSPS) is 10.6. The Labute approximate surface area is 212 Å². The summed E-state index contributed by atoms with van der Waals surface area (Å²) in [5.74, 6) is -1.04. The van der Waals surface area contributed by atoms with Crippen LogP contribution in [0, 0.1) is 25.1 Å². The number of nitrogen functional groups attached to an aromatic ring is 2. The molecule has 0 saturated heterocycles. The summed E-state index contributed by atoms with van der Waals surface area (Å²) < 4.78 is 20.7. The lowest BCUT2D eigenvalue weighted by atomic mass is 9.88. The second-order valence-electron chi connectivity index (χ2n) is 8.17. The molecule has 4 rings (SSSR count). The number of benzene rings is 2. The van der Waals surface area contributed by atoms with Crippen LogP contribution >= 0.6 is 0 Å². The topological polar surface area (TPSA) is 153 Å². The number of carbonyl (C=O) groups is 1. The van der Waals surface area contributed by atoms with Gasteiger partial charge in [0.25, 0.3) is 0 Å². The molecule has 0 aliphatic rings. The van der Waals surface area contributed by atoms with Gasteiger partial charge in [-0.2, -0.15) is 0 Å². The summed E-state index contributed by atoms with van der Waals surface area (Å²) in [6, 6.07) is 11.2. The Hall–Kier alpha value is -5.12. The van der Waals surface area contributed by atoms with E-state index in [1.165, 1.54) is 18.3 Å². The Morgan fingerprint density at radius 1 is 1.14 bits per heavy atom. The standard InChI is InChI=1S/C27H24FN7O2/c1-4-23(36)35-22-11-14(2)18(13-33-22)17-6-7-20(29)25(26(30)31)24(17)16-5-8-21(19(28)12-16)37-27-32-10-9-15(3)34-27/h4-13H,1,29H2,2-3H3,(H3,30,31)(H,33,35,36). The van der Waals surface area contributed by atoms with Crippen LogP contribution < -0.4 is 21.5 Å². The Morgan fingerprint density at radius 3 is 2.57 bits per heavy atom. The van der Waals surface area contributed by atoms with E-state index >= 15 is 4.39 Å². The molecule has 10 heteroatoms. The highest BCUT2D eigenvalue weighted by atomic mass is 19.1. The second kappa shape index (κ2) is 10.2. The molecule has 186 valence electrons. The van der Waals surface area contributed by atoms with Crippen LogP contribution in [0.3, 0.4) is 0 Å². The summed E-state index contributed by atoms with van der Waals surface area (Å²) in [5, 5.41) is 10.8. The van der Waals surface area contributed by atoms with Gasteiger partial charge >= 0.3 is 6.01 Å². The number of nitrogens with zero attached hydrogens (tertiary/aromatic N) is 3. The van der Waals surface area contributed by atoms with Crippen molar-refractivity contribution in [1.29, 1.82) is 5.41 Å². The SMILES string of the molecule is C=CC(=O)Nc1cc(C)c(-c2ccc(N)c(C(=N)N)c2-c2ccc(Oc3nccc(C)n3)c(F)c2)cn1. The highest BCUT2D eigenvalue weighted by Crippen LogP contribution is 2.40. The highest BCUT2D eigenvalue weighted by Gasteiger charge is 2.21. The van der Waals surface area contributed by atoms with Crippen LogP contribution in [0.1, 0.15) is 16.8 Å². The molecule has 0 spiro atoms. The van der Waals surface area contributed by atoms with E-state index in [1.54, 1.807) is 43.5 Å². The molecule has 0 saturated carbocycles. The molecule has 0 fully saturated rings. The number of ether oxygens (including phenoxy) is 1. The van der Waals surface area contributed by atoms with Crippen molar-refractivity contribution in [2.24, 2.45) is 5.73 Å². The van der Waals surface area contributed by atoms with Gasteiger partial charge in [0.15, 0.2) is 11.6 Å². The average Bonchev–Trinajstić information content (AvgIpc) is 2.85. The molecule has 0 radical (unpaired) electrons. The fraction of sp³-hybridized carbons (Fsp3) is 0.0741. The van der Waals surface area contributed by atoms with E-state index in [0.717, 1.165) is 11.6 Å². The van der Waals surface area contributed by atoms with E-state index in [9.17, 15) is 4.79 Å². The molecule has 2 aromatic carbocycles. The summed E-state index contributed by atoms with van der Waals surface area (Å²) in [6.45, 7) is 7.05. The maximum Gasteiger partial charge on any atom is 0.322 e. The van der Waals surface area contributed by atoms with Gasteiger partial charge in [-0.25, -0.2) is 19.3 Å². The number of hydrogen-bond acceptors (Lipinski definition) is 7. The number of amides is 1. The number of anilines is 2. The Morgan fingerprint density at radius 2 is 1.92 bits per heavy atom. The van der Waals surface area contributed by atoms with E-state index in [1.807, 2.05) is 6.92 Å². The first-order chi connectivity index (χ1) is 17.7. The Bertz CT molecular complexity index is 1550. The first-order valence-electron chi connectivity index (χ1n) is 11.1. The smallest absolute Gasteiger partial charge is 0.322 e. The van der Waals surface area contributed by atoms with Crippen LogP contribution in [0.4, 0.5) is 15.9 Å². The van der Waals surface area contributed by atoms with E-state index in [0.29, 0.717) is 33.8 Å². The van der Waals surface area contributed by atoms with E-state index < -0.39 is 5.82 Å². The van der Waals surface area contributed by atoms with Crippen molar-refractivity contribution in [3.05, 3.63) is 90.2 Å². The average molecular weight is 498 g/mol. The third-order valence-corrected chi connectivity index (χ3v) is 5.54. The predicted molar refractivity (Wildman–Crippen MR) is 141 cm³/mol. The third-order valence-electron chi connectivity index (χ3n) is 5.54. The van der Waals surface area contributed by atoms with Gasteiger partial charge in [-0.3, -0.25) is 10.2 Å². The first-order valence-corrected chi connectivity index (χ1v) is 11.1. The van der Waals surface area contributed by atoms with Crippen LogP contribution in [0.25, 0.3) is 22.3 Å². The quantitative estimate of drug-likeness (QED) is 0.124. The van der Waals surface area contributed by atoms with E-state index in [2.05, 4.69) is 26.8 Å². The van der Waals surface area contributed by atoms with E-state index in [-0.39, 0.29) is 34.8 Å². The van der Waals surface area contributed by atoms with Crippen molar-refractivity contribution in [2.75, 3.05) is 11.1 Å². The molecular formula is C27H24FN7O2. The highest BCUT2D eigenvalue weighted by molar-refractivity contribution is 6.09. The molecule has 0 unspecified atom stereocenters. The number of aromatic nitrogens is 3. The number of aryl methyl sites for hydroxylation is 2. The van der Waals surface area contributed by atoms with Crippen molar-refractivity contribution in [1.82, 2.24) is 15.0 Å². The molecule has 37 heavy (non-hydrogen) atoms. The number of rotatable bonds is 7. The van der Waals surface area contributed by atoms with E-state index in [4.69, 9.17) is 21.6 Å². The van der Waals surface area contributed by atoms with Gasteiger partial charge in [-0.05, 0) is 66.9 Å². The summed E-state index contributed by atoms with van der Waals surface area (Å²) in [6.07, 6.45) is 4.25. The first kappa shape index (κ1) is 25.0. The maximum atomic E-state index is 15.2. The van der Waals surface area contributed by atoms with Crippen molar-refractivity contribution in [3.8, 4) is 34.0 Å². The lowest BCUT2D eigenvalue weighted by molar-refractivity contribution is -0.111. The summed E-state index contributed by atoms with van der Waals surface area (Å²) >= 11 is 0. The monoisotopic (exact) mass is 497 g/mol. The number of hydrogen-bond donors (Lipinski definition) is 4. The third kappa shape index (κ3) is 5.27. The maximum absolute atomic E-state index is 15.2. The van der Waals surface area contributed by atoms with Gasteiger partial charge in [0.05, 0.1) is 0 Å². The second-order valence-corrected chi connectivity index (χ2v) is 8.17. The number of amidine groups is 1. The Kier molecular flexibility index (Phi) is 6.92. The molecule has 0 aliphatic carbocycles. The fourth-order valence-electron chi connectivity index (χ4n) is 3.83. The lowest BCUT2D eigenvalue weighted by Gasteiger charge is -2.19. The minimum absolute atomic E-state index is 0.0195. The van der Waals surface area contributed by atoms with Gasteiger partial charge in [0.1, 0.15) is 11.7 Å². The summed E-state index contributed by atoms with van der Waals surface area (Å²) in [7, 11) is 0. The zero-order valence-electron chi connectivity index (χ0n) is 20.2. The van der Waals surface area contributed by atoms with Gasteiger partial charge < -0.3 is 21.5 Å². The predicted octanol–water partition coefficient (Wildman–Crippen LogP) is 4.74. The zero-order chi connectivity index (χ0) is 26.7. The van der Waals surface area contributed by atoms with Crippen molar-refractivity contribution in [3.63, 3.8) is 0 Å². The molecule has 0 bridgehead atoms. The van der Waals surface area contributed by atoms with Crippen LogP contribution in [0.15, 0.2) is 67.5 Å². The molecule has 9 nitrogen and oxygen atoms in total. The number of nitrogens with two attached hydrogens (primary N) is 2. The molecule has 0 aliphatic heterocycles. The van der Waals surface area contributed by atoms with Crippen molar-refractivity contribution < 1.29 is 13.9 Å². The van der Waals surface area contributed by atoms with Gasteiger partial charge in [-0.1, -0.05) is 18.7 Å².